The molecule has 1 unspecified atom stereocenters. The average molecular weight is 274 g/mol. The van der Waals surface area contributed by atoms with E-state index in [0.717, 1.165) is 24.2 Å². The second-order valence-electron chi connectivity index (χ2n) is 6.38. The monoisotopic (exact) mass is 274 g/mol. The number of rotatable bonds is 5. The first-order valence-electron chi connectivity index (χ1n) is 8.02. The Hall–Kier alpha value is -1.16. The van der Waals surface area contributed by atoms with Crippen LogP contribution < -0.4 is 5.32 Å². The van der Waals surface area contributed by atoms with Gasteiger partial charge in [0.25, 0.3) is 0 Å². The van der Waals surface area contributed by atoms with E-state index in [1.807, 2.05) is 0 Å². The molecule has 1 aliphatic heterocycles. The van der Waals surface area contributed by atoms with E-state index < -0.39 is 0 Å². The molecule has 3 rings (SSSR count). The van der Waals surface area contributed by atoms with Crippen molar-refractivity contribution in [2.75, 3.05) is 25.5 Å². The predicted octanol–water partition coefficient (Wildman–Crippen LogP) is 2.95. The predicted molar refractivity (Wildman–Crippen MR) is 82.1 cm³/mol. The van der Waals surface area contributed by atoms with Gasteiger partial charge in [-0.1, -0.05) is 6.42 Å². The maximum atomic E-state index is 4.70. The summed E-state index contributed by atoms with van der Waals surface area (Å²) in [5, 5.41) is 3.43. The number of anilines is 1. The topological polar surface area (TPSA) is 41.1 Å². The van der Waals surface area contributed by atoms with Gasteiger partial charge in [0.2, 0.25) is 5.95 Å². The molecule has 1 saturated heterocycles. The summed E-state index contributed by atoms with van der Waals surface area (Å²) in [5.41, 5.74) is 2.33. The molecule has 4 heteroatoms. The van der Waals surface area contributed by atoms with E-state index in [1.54, 1.807) is 0 Å². The zero-order valence-electron chi connectivity index (χ0n) is 12.7. The van der Waals surface area contributed by atoms with Crippen molar-refractivity contribution in [3.8, 4) is 0 Å². The van der Waals surface area contributed by atoms with E-state index in [-0.39, 0.29) is 0 Å². The van der Waals surface area contributed by atoms with Crippen LogP contribution in [0.5, 0.6) is 0 Å². The minimum atomic E-state index is 0.679. The molecule has 1 aliphatic carbocycles. The number of nitrogens with zero attached hydrogens (tertiary/aromatic N) is 3. The van der Waals surface area contributed by atoms with Crippen LogP contribution in [-0.2, 0) is 0 Å². The highest BCUT2D eigenvalue weighted by molar-refractivity contribution is 5.30. The van der Waals surface area contributed by atoms with Crippen molar-refractivity contribution in [2.24, 2.45) is 0 Å². The summed E-state index contributed by atoms with van der Waals surface area (Å²) in [6.07, 6.45) is 7.80. The lowest BCUT2D eigenvalue weighted by Gasteiger charge is -2.25. The zero-order chi connectivity index (χ0) is 13.9. The Morgan fingerprint density at radius 3 is 2.75 bits per heavy atom. The van der Waals surface area contributed by atoms with Gasteiger partial charge in [-0.3, -0.25) is 0 Å². The van der Waals surface area contributed by atoms with Crippen LogP contribution >= 0.6 is 0 Å². The van der Waals surface area contributed by atoms with Crippen molar-refractivity contribution in [2.45, 2.75) is 57.4 Å². The highest BCUT2D eigenvalue weighted by Gasteiger charge is 2.22. The van der Waals surface area contributed by atoms with Crippen molar-refractivity contribution >= 4 is 5.95 Å². The molecule has 1 saturated carbocycles. The Labute approximate surface area is 122 Å². The third-order valence-electron chi connectivity index (χ3n) is 4.83. The molecule has 0 spiro atoms. The molecule has 1 N–H and O–H groups in total. The summed E-state index contributed by atoms with van der Waals surface area (Å²) in [5.74, 6) is 1.51. The van der Waals surface area contributed by atoms with Gasteiger partial charge in [0, 0.05) is 29.9 Å². The number of aromatic nitrogens is 2. The first-order chi connectivity index (χ1) is 9.72. The van der Waals surface area contributed by atoms with Gasteiger partial charge in [-0.15, -0.1) is 0 Å². The summed E-state index contributed by atoms with van der Waals surface area (Å²) in [6.45, 7) is 4.29. The minimum absolute atomic E-state index is 0.679. The van der Waals surface area contributed by atoms with Crippen molar-refractivity contribution in [3.63, 3.8) is 0 Å². The van der Waals surface area contributed by atoms with Crippen molar-refractivity contribution in [3.05, 3.63) is 17.5 Å². The number of hydrogen-bond donors (Lipinski definition) is 1. The number of aryl methyl sites for hydroxylation is 1. The fourth-order valence-corrected chi connectivity index (χ4v) is 3.28. The van der Waals surface area contributed by atoms with Gasteiger partial charge in [-0.2, -0.15) is 0 Å². The molecule has 2 fully saturated rings. The highest BCUT2D eigenvalue weighted by Crippen LogP contribution is 2.35. The van der Waals surface area contributed by atoms with E-state index in [2.05, 4.69) is 35.2 Å². The molecule has 4 nitrogen and oxygen atoms in total. The van der Waals surface area contributed by atoms with Crippen molar-refractivity contribution in [1.29, 1.82) is 0 Å². The summed E-state index contributed by atoms with van der Waals surface area (Å²) in [4.78, 5) is 11.7. The van der Waals surface area contributed by atoms with Gasteiger partial charge in [-0.25, -0.2) is 9.97 Å². The van der Waals surface area contributed by atoms with Crippen molar-refractivity contribution in [1.82, 2.24) is 14.9 Å². The first kappa shape index (κ1) is 13.8. The lowest BCUT2D eigenvalue weighted by molar-refractivity contribution is 0.301. The van der Waals surface area contributed by atoms with E-state index in [4.69, 9.17) is 4.98 Å². The SMILES string of the molecule is Cc1cc(C2CCC2)nc(NCCC2CCCN2C)n1. The third-order valence-corrected chi connectivity index (χ3v) is 4.83. The lowest BCUT2D eigenvalue weighted by Crippen LogP contribution is -2.27. The molecule has 2 aliphatic rings. The van der Waals surface area contributed by atoms with Crippen LogP contribution in [0.2, 0.25) is 0 Å². The molecule has 20 heavy (non-hydrogen) atoms. The Morgan fingerprint density at radius 1 is 1.25 bits per heavy atom. The second-order valence-corrected chi connectivity index (χ2v) is 6.38. The molecule has 110 valence electrons. The molecule has 1 atom stereocenters. The van der Waals surface area contributed by atoms with Gasteiger partial charge < -0.3 is 10.2 Å². The van der Waals surface area contributed by atoms with E-state index in [0.29, 0.717) is 5.92 Å². The van der Waals surface area contributed by atoms with Crippen LogP contribution in [0.15, 0.2) is 6.07 Å². The van der Waals surface area contributed by atoms with Gasteiger partial charge >= 0.3 is 0 Å². The van der Waals surface area contributed by atoms with Gasteiger partial charge in [0.05, 0.1) is 0 Å². The third kappa shape index (κ3) is 3.11. The maximum absolute atomic E-state index is 4.70. The second kappa shape index (κ2) is 6.08. The molecule has 1 aromatic heterocycles. The fourth-order valence-electron chi connectivity index (χ4n) is 3.28. The molecular formula is C16H26N4. The number of hydrogen-bond acceptors (Lipinski definition) is 4. The number of likely N-dealkylation sites (tertiary alicyclic amines) is 1. The maximum Gasteiger partial charge on any atom is 0.223 e. The molecule has 0 radical (unpaired) electrons. The first-order valence-corrected chi connectivity index (χ1v) is 8.02. The Bertz CT molecular complexity index is 456. The zero-order valence-corrected chi connectivity index (χ0v) is 12.7. The molecular weight excluding hydrogens is 248 g/mol. The van der Waals surface area contributed by atoms with Crippen LogP contribution in [0.3, 0.4) is 0 Å². The van der Waals surface area contributed by atoms with Crippen LogP contribution in [0.4, 0.5) is 5.95 Å². The van der Waals surface area contributed by atoms with Gasteiger partial charge in [0.1, 0.15) is 0 Å². The normalized spacial score (nSPS) is 23.8. The van der Waals surface area contributed by atoms with E-state index in [1.165, 1.54) is 50.8 Å². The van der Waals surface area contributed by atoms with Crippen LogP contribution in [-0.4, -0.2) is 41.0 Å². The number of nitrogens with one attached hydrogen (secondary N) is 1. The standard InChI is InChI=1S/C16H26N4/c1-12-11-15(13-5-3-6-13)19-16(18-12)17-9-8-14-7-4-10-20(14)2/h11,13-14H,3-10H2,1-2H3,(H,17,18,19). The Morgan fingerprint density at radius 2 is 2.10 bits per heavy atom. The minimum Gasteiger partial charge on any atom is -0.354 e. The van der Waals surface area contributed by atoms with Crippen LogP contribution in [0.25, 0.3) is 0 Å². The van der Waals surface area contributed by atoms with Crippen molar-refractivity contribution < 1.29 is 0 Å². The summed E-state index contributed by atoms with van der Waals surface area (Å²) < 4.78 is 0. The molecule has 2 heterocycles. The van der Waals surface area contributed by atoms with E-state index >= 15 is 0 Å². The smallest absolute Gasteiger partial charge is 0.223 e. The Balaban J connectivity index is 1.55. The van der Waals surface area contributed by atoms with E-state index in [9.17, 15) is 0 Å². The lowest BCUT2D eigenvalue weighted by atomic mass is 9.83. The van der Waals surface area contributed by atoms with Gasteiger partial charge in [0.15, 0.2) is 0 Å². The summed E-state index contributed by atoms with van der Waals surface area (Å²) in [7, 11) is 2.23. The van der Waals surface area contributed by atoms with Gasteiger partial charge in [-0.05, 0) is 58.7 Å². The average Bonchev–Trinajstić information content (AvgIpc) is 2.72. The van der Waals surface area contributed by atoms with Crippen LogP contribution in [0, 0.1) is 6.92 Å². The molecule has 0 bridgehead atoms. The Kier molecular flexibility index (Phi) is 4.20. The van der Waals surface area contributed by atoms with Crippen LogP contribution in [0.1, 0.15) is 55.8 Å². The largest absolute Gasteiger partial charge is 0.354 e. The quantitative estimate of drug-likeness (QED) is 0.896. The fraction of sp³-hybridized carbons (Fsp3) is 0.750. The molecule has 0 aromatic carbocycles. The highest BCUT2D eigenvalue weighted by atomic mass is 15.2. The summed E-state index contributed by atoms with van der Waals surface area (Å²) >= 11 is 0. The molecule has 1 aromatic rings. The molecule has 0 amide bonds. The summed E-state index contributed by atoms with van der Waals surface area (Å²) in [6, 6.07) is 2.89.